The summed E-state index contributed by atoms with van der Waals surface area (Å²) in [6, 6.07) is 1.24. The minimum atomic E-state index is -3.99. The maximum Gasteiger partial charge on any atom is 0.347 e. The van der Waals surface area contributed by atoms with Crippen LogP contribution in [0.25, 0.3) is 0 Å². The summed E-state index contributed by atoms with van der Waals surface area (Å²) >= 11 is 0.832. The number of carboxylic acid groups (broad SMARTS) is 1. The van der Waals surface area contributed by atoms with E-state index < -0.39 is 28.1 Å². The standard InChI is InChI=1S/C11H13NO7S2/c1-18-11(15)7-6-12(3-4-19-7)21(16,17)8-2-5-20-9(8)10(13)14/h2,5,7H,3-4,6H2,1H3,(H,13,14). The van der Waals surface area contributed by atoms with Crippen LogP contribution >= 0.6 is 11.3 Å². The van der Waals surface area contributed by atoms with Gasteiger partial charge in [-0.1, -0.05) is 0 Å². The second kappa shape index (κ2) is 6.10. The first-order valence-electron chi connectivity index (χ1n) is 5.88. The molecule has 0 saturated carbocycles. The molecule has 0 amide bonds. The number of carbonyl (C=O) groups is 2. The van der Waals surface area contributed by atoms with Gasteiger partial charge in [-0.25, -0.2) is 18.0 Å². The Labute approximate surface area is 124 Å². The van der Waals surface area contributed by atoms with Crippen molar-refractivity contribution in [1.82, 2.24) is 4.31 Å². The summed E-state index contributed by atoms with van der Waals surface area (Å²) in [4.78, 5) is 22.0. The lowest BCUT2D eigenvalue weighted by molar-refractivity contribution is -0.157. The predicted molar refractivity (Wildman–Crippen MR) is 71.8 cm³/mol. The van der Waals surface area contributed by atoms with Crippen LogP contribution in [0.5, 0.6) is 0 Å². The number of hydrogen-bond donors (Lipinski definition) is 1. The average molecular weight is 335 g/mol. The fourth-order valence-electron chi connectivity index (χ4n) is 1.91. The van der Waals surface area contributed by atoms with Gasteiger partial charge in [-0.05, 0) is 11.4 Å². The van der Waals surface area contributed by atoms with Gasteiger partial charge in [0.05, 0.1) is 20.3 Å². The van der Waals surface area contributed by atoms with Gasteiger partial charge in [0.15, 0.2) is 6.10 Å². The van der Waals surface area contributed by atoms with Gasteiger partial charge in [0.2, 0.25) is 10.0 Å². The molecule has 116 valence electrons. The van der Waals surface area contributed by atoms with Crippen LogP contribution in [0, 0.1) is 0 Å². The minimum Gasteiger partial charge on any atom is -0.477 e. The molecular weight excluding hydrogens is 322 g/mol. The maximum absolute atomic E-state index is 12.5. The van der Waals surface area contributed by atoms with E-state index in [1.807, 2.05) is 0 Å². The molecule has 1 unspecified atom stereocenters. The summed E-state index contributed by atoms with van der Waals surface area (Å²) in [6.45, 7) is -0.125. The van der Waals surface area contributed by atoms with Crippen molar-refractivity contribution in [2.75, 3.05) is 26.8 Å². The van der Waals surface area contributed by atoms with Gasteiger partial charge in [-0.3, -0.25) is 0 Å². The number of esters is 1. The van der Waals surface area contributed by atoms with Gasteiger partial charge < -0.3 is 14.6 Å². The third kappa shape index (κ3) is 3.07. The lowest BCUT2D eigenvalue weighted by atomic mass is 10.3. The zero-order valence-corrected chi connectivity index (χ0v) is 12.6. The molecule has 1 saturated heterocycles. The molecule has 1 fully saturated rings. The zero-order valence-electron chi connectivity index (χ0n) is 11.0. The van der Waals surface area contributed by atoms with E-state index in [2.05, 4.69) is 4.74 Å². The minimum absolute atomic E-state index is 0.0333. The molecule has 1 N–H and O–H groups in total. The van der Waals surface area contributed by atoms with Gasteiger partial charge in [-0.15, -0.1) is 11.3 Å². The quantitative estimate of drug-likeness (QED) is 0.772. The molecule has 0 aromatic carbocycles. The van der Waals surface area contributed by atoms with Crippen LogP contribution in [0.4, 0.5) is 0 Å². The second-order valence-electron chi connectivity index (χ2n) is 4.16. The number of rotatable bonds is 4. The number of morpholine rings is 1. The van der Waals surface area contributed by atoms with E-state index in [0.29, 0.717) is 0 Å². The molecule has 0 radical (unpaired) electrons. The van der Waals surface area contributed by atoms with Crippen LogP contribution in [0.2, 0.25) is 0 Å². The molecule has 1 aromatic heterocycles. The van der Waals surface area contributed by atoms with Crippen molar-refractivity contribution in [3.05, 3.63) is 16.3 Å². The van der Waals surface area contributed by atoms with E-state index in [0.717, 1.165) is 15.6 Å². The molecule has 0 bridgehead atoms. The molecule has 21 heavy (non-hydrogen) atoms. The molecule has 1 atom stereocenters. The summed E-state index contributed by atoms with van der Waals surface area (Å²) in [5.74, 6) is -1.97. The highest BCUT2D eigenvalue weighted by molar-refractivity contribution is 7.89. The molecule has 0 aliphatic carbocycles. The zero-order chi connectivity index (χ0) is 15.6. The molecule has 1 aromatic rings. The topological polar surface area (TPSA) is 110 Å². The largest absolute Gasteiger partial charge is 0.477 e. The average Bonchev–Trinajstić information content (AvgIpc) is 2.97. The van der Waals surface area contributed by atoms with Gasteiger partial charge in [0.1, 0.15) is 9.77 Å². The van der Waals surface area contributed by atoms with Gasteiger partial charge in [-0.2, -0.15) is 4.31 Å². The normalized spacial score (nSPS) is 20.1. The number of ether oxygens (including phenoxy) is 2. The first-order chi connectivity index (χ1) is 9.87. The molecule has 1 aliphatic heterocycles. The van der Waals surface area contributed by atoms with E-state index in [9.17, 15) is 18.0 Å². The number of carbonyl (C=O) groups excluding carboxylic acids is 1. The predicted octanol–water partition coefficient (Wildman–Crippen LogP) is 0.00880. The number of sulfonamides is 1. The summed E-state index contributed by atoms with van der Waals surface area (Å²) in [5.41, 5.74) is 0. The Morgan fingerprint density at radius 1 is 1.52 bits per heavy atom. The van der Waals surface area contributed by atoms with Crippen molar-refractivity contribution in [3.63, 3.8) is 0 Å². The third-order valence-corrected chi connectivity index (χ3v) is 5.87. The second-order valence-corrected chi connectivity index (χ2v) is 6.99. The summed E-state index contributed by atoms with van der Waals surface area (Å²) in [6.07, 6.45) is -1.01. The van der Waals surface area contributed by atoms with Crippen LogP contribution in [0.15, 0.2) is 16.3 Å². The fourth-order valence-corrected chi connectivity index (χ4v) is 4.57. The Balaban J connectivity index is 2.29. The van der Waals surface area contributed by atoms with Crippen LogP contribution in [-0.2, 0) is 24.3 Å². The van der Waals surface area contributed by atoms with Crippen molar-refractivity contribution in [3.8, 4) is 0 Å². The number of aromatic carboxylic acids is 1. The van der Waals surface area contributed by atoms with Crippen LogP contribution in [-0.4, -0.2) is 62.7 Å². The van der Waals surface area contributed by atoms with Gasteiger partial charge in [0.25, 0.3) is 0 Å². The molecule has 2 heterocycles. The number of thiophene rings is 1. The molecule has 2 rings (SSSR count). The Morgan fingerprint density at radius 3 is 2.86 bits per heavy atom. The summed E-state index contributed by atoms with van der Waals surface area (Å²) < 4.78 is 35.7. The van der Waals surface area contributed by atoms with E-state index in [1.54, 1.807) is 0 Å². The number of hydrogen-bond acceptors (Lipinski definition) is 7. The van der Waals surface area contributed by atoms with Crippen molar-refractivity contribution in [2.45, 2.75) is 11.0 Å². The lowest BCUT2D eigenvalue weighted by Crippen LogP contribution is -2.48. The third-order valence-electron chi connectivity index (χ3n) is 2.93. The smallest absolute Gasteiger partial charge is 0.347 e. The van der Waals surface area contributed by atoms with Gasteiger partial charge >= 0.3 is 11.9 Å². The molecule has 8 nitrogen and oxygen atoms in total. The Morgan fingerprint density at radius 2 is 2.24 bits per heavy atom. The Hall–Kier alpha value is -1.49. The monoisotopic (exact) mass is 335 g/mol. The van der Waals surface area contributed by atoms with Crippen molar-refractivity contribution in [1.29, 1.82) is 0 Å². The SMILES string of the molecule is COC(=O)C1CN(S(=O)(=O)c2ccsc2C(=O)O)CCO1. The molecule has 10 heteroatoms. The van der Waals surface area contributed by atoms with Crippen LogP contribution in [0.3, 0.4) is 0 Å². The number of carboxylic acids is 1. The van der Waals surface area contributed by atoms with E-state index in [1.165, 1.54) is 18.6 Å². The highest BCUT2D eigenvalue weighted by atomic mass is 32.2. The fraction of sp³-hybridized carbons (Fsp3) is 0.455. The Bertz CT molecular complexity index is 651. The van der Waals surface area contributed by atoms with Crippen molar-refractivity contribution < 1.29 is 32.6 Å². The maximum atomic E-state index is 12.5. The van der Waals surface area contributed by atoms with Crippen molar-refractivity contribution in [2.24, 2.45) is 0 Å². The highest BCUT2D eigenvalue weighted by Gasteiger charge is 2.36. The Kier molecular flexibility index (Phi) is 4.61. The molecule has 0 spiro atoms. The summed E-state index contributed by atoms with van der Waals surface area (Å²) in [5, 5.41) is 10.4. The van der Waals surface area contributed by atoms with E-state index in [4.69, 9.17) is 9.84 Å². The number of methoxy groups -OCH3 is 1. The summed E-state index contributed by atoms with van der Waals surface area (Å²) in [7, 11) is -2.81. The van der Waals surface area contributed by atoms with Gasteiger partial charge in [0, 0.05) is 6.54 Å². The number of nitrogens with zero attached hydrogens (tertiary/aromatic N) is 1. The van der Waals surface area contributed by atoms with E-state index in [-0.39, 0.29) is 29.5 Å². The van der Waals surface area contributed by atoms with Crippen LogP contribution in [0.1, 0.15) is 9.67 Å². The first kappa shape index (κ1) is 15.9. The van der Waals surface area contributed by atoms with Crippen molar-refractivity contribution >= 4 is 33.3 Å². The molecular formula is C11H13NO7S2. The van der Waals surface area contributed by atoms with E-state index >= 15 is 0 Å². The first-order valence-corrected chi connectivity index (χ1v) is 8.20. The van der Waals surface area contributed by atoms with Crippen LogP contribution < -0.4 is 0 Å². The molecule has 1 aliphatic rings. The highest BCUT2D eigenvalue weighted by Crippen LogP contribution is 2.26. The lowest BCUT2D eigenvalue weighted by Gasteiger charge is -2.30.